The second-order valence-electron chi connectivity index (χ2n) is 5.52. The second-order valence-corrected chi connectivity index (χ2v) is 5.52. The quantitative estimate of drug-likeness (QED) is 0.942. The average molecular weight is 296 g/mol. The highest BCUT2D eigenvalue weighted by Gasteiger charge is 2.21. The van der Waals surface area contributed by atoms with E-state index in [4.69, 9.17) is 0 Å². The number of aromatic nitrogens is 2. The van der Waals surface area contributed by atoms with Gasteiger partial charge in [-0.25, -0.2) is 9.97 Å². The predicted octanol–water partition coefficient (Wildman–Crippen LogP) is 2.63. The maximum Gasteiger partial charge on any atom is 0.272 e. The molecular weight excluding hydrogens is 276 g/mol. The minimum absolute atomic E-state index is 0.00533. The van der Waals surface area contributed by atoms with Gasteiger partial charge in [-0.3, -0.25) is 4.79 Å². The minimum Gasteiger partial charge on any atom is -0.366 e. The smallest absolute Gasteiger partial charge is 0.272 e. The molecule has 1 aliphatic heterocycles. The van der Waals surface area contributed by atoms with Gasteiger partial charge < -0.3 is 10.2 Å². The molecule has 1 saturated heterocycles. The Kier molecular flexibility index (Phi) is 4.32. The lowest BCUT2D eigenvalue weighted by Crippen LogP contribution is -2.28. The van der Waals surface area contributed by atoms with Crippen LogP contribution < -0.4 is 5.32 Å². The van der Waals surface area contributed by atoms with Gasteiger partial charge in [0.25, 0.3) is 5.91 Å². The van der Waals surface area contributed by atoms with Crippen molar-refractivity contribution in [1.82, 2.24) is 14.9 Å². The molecule has 0 spiro atoms. The summed E-state index contributed by atoms with van der Waals surface area (Å²) in [7, 11) is 0. The van der Waals surface area contributed by atoms with E-state index in [1.165, 1.54) is 5.56 Å². The highest BCUT2D eigenvalue weighted by Crippen LogP contribution is 2.14. The summed E-state index contributed by atoms with van der Waals surface area (Å²) in [6.07, 6.45) is 2.16. The van der Waals surface area contributed by atoms with Gasteiger partial charge in [-0.15, -0.1) is 0 Å². The molecule has 1 N–H and O–H groups in total. The highest BCUT2D eigenvalue weighted by molar-refractivity contribution is 5.93. The standard InChI is InChI=1S/C17H20N4O/c1-13-19-15(17(22)21-9-5-6-10-21)11-16(20-13)18-12-14-7-3-2-4-8-14/h2-4,7-8,11H,5-6,9-10,12H2,1H3,(H,18,19,20). The Balaban J connectivity index is 1.73. The Morgan fingerprint density at radius 3 is 2.64 bits per heavy atom. The van der Waals surface area contributed by atoms with E-state index in [1.54, 1.807) is 6.07 Å². The Labute approximate surface area is 130 Å². The Morgan fingerprint density at radius 1 is 1.18 bits per heavy atom. The molecule has 22 heavy (non-hydrogen) atoms. The van der Waals surface area contributed by atoms with Crippen molar-refractivity contribution in [3.63, 3.8) is 0 Å². The first kappa shape index (κ1) is 14.5. The van der Waals surface area contributed by atoms with Crippen molar-refractivity contribution in [2.45, 2.75) is 26.3 Å². The number of benzene rings is 1. The topological polar surface area (TPSA) is 58.1 Å². The zero-order valence-corrected chi connectivity index (χ0v) is 12.7. The third kappa shape index (κ3) is 3.42. The Morgan fingerprint density at radius 2 is 1.91 bits per heavy atom. The van der Waals surface area contributed by atoms with Crippen LogP contribution in [0.3, 0.4) is 0 Å². The van der Waals surface area contributed by atoms with Crippen LogP contribution >= 0.6 is 0 Å². The predicted molar refractivity (Wildman–Crippen MR) is 85.7 cm³/mol. The largest absolute Gasteiger partial charge is 0.366 e. The summed E-state index contributed by atoms with van der Waals surface area (Å²) in [4.78, 5) is 23.0. The van der Waals surface area contributed by atoms with Crippen molar-refractivity contribution < 1.29 is 4.79 Å². The average Bonchev–Trinajstić information content (AvgIpc) is 3.07. The van der Waals surface area contributed by atoms with Gasteiger partial charge in [0, 0.05) is 25.7 Å². The van der Waals surface area contributed by atoms with Crippen LogP contribution in [0.4, 0.5) is 5.82 Å². The van der Waals surface area contributed by atoms with E-state index >= 15 is 0 Å². The summed E-state index contributed by atoms with van der Waals surface area (Å²) >= 11 is 0. The van der Waals surface area contributed by atoms with Gasteiger partial charge in [-0.2, -0.15) is 0 Å². The van der Waals surface area contributed by atoms with Crippen molar-refractivity contribution in [2.24, 2.45) is 0 Å². The number of carbonyl (C=O) groups excluding carboxylic acids is 1. The van der Waals surface area contributed by atoms with Crippen molar-refractivity contribution in [1.29, 1.82) is 0 Å². The van der Waals surface area contributed by atoms with Gasteiger partial charge in [0.1, 0.15) is 17.3 Å². The van der Waals surface area contributed by atoms with E-state index in [0.717, 1.165) is 25.9 Å². The lowest BCUT2D eigenvalue weighted by Gasteiger charge is -2.15. The first-order chi connectivity index (χ1) is 10.7. The van der Waals surface area contributed by atoms with Crippen molar-refractivity contribution in [3.05, 3.63) is 53.5 Å². The maximum absolute atomic E-state index is 12.4. The van der Waals surface area contributed by atoms with E-state index < -0.39 is 0 Å². The van der Waals surface area contributed by atoms with E-state index in [-0.39, 0.29) is 5.91 Å². The lowest BCUT2D eigenvalue weighted by atomic mass is 10.2. The molecule has 2 aromatic rings. The summed E-state index contributed by atoms with van der Waals surface area (Å²) in [5, 5.41) is 3.27. The highest BCUT2D eigenvalue weighted by atomic mass is 16.2. The first-order valence-electron chi connectivity index (χ1n) is 7.65. The van der Waals surface area contributed by atoms with Gasteiger partial charge in [-0.1, -0.05) is 30.3 Å². The molecule has 1 aliphatic rings. The fourth-order valence-corrected chi connectivity index (χ4v) is 2.64. The zero-order valence-electron chi connectivity index (χ0n) is 12.7. The van der Waals surface area contributed by atoms with E-state index in [1.807, 2.05) is 30.0 Å². The molecule has 3 rings (SSSR count). The molecule has 1 fully saturated rings. The van der Waals surface area contributed by atoms with Gasteiger partial charge in [0.05, 0.1) is 0 Å². The number of carbonyl (C=O) groups is 1. The summed E-state index contributed by atoms with van der Waals surface area (Å²) in [6, 6.07) is 11.9. The zero-order chi connectivity index (χ0) is 15.4. The lowest BCUT2D eigenvalue weighted by molar-refractivity contribution is 0.0786. The number of likely N-dealkylation sites (tertiary alicyclic amines) is 1. The number of nitrogens with one attached hydrogen (secondary N) is 1. The summed E-state index contributed by atoms with van der Waals surface area (Å²) in [6.45, 7) is 4.15. The van der Waals surface area contributed by atoms with Gasteiger partial charge in [0.2, 0.25) is 0 Å². The van der Waals surface area contributed by atoms with Crippen LogP contribution in [0.1, 0.15) is 34.7 Å². The van der Waals surface area contributed by atoms with E-state index in [9.17, 15) is 4.79 Å². The molecule has 0 unspecified atom stereocenters. The molecule has 0 saturated carbocycles. The number of nitrogens with zero attached hydrogens (tertiary/aromatic N) is 3. The van der Waals surface area contributed by atoms with E-state index in [0.29, 0.717) is 23.9 Å². The van der Waals surface area contributed by atoms with Crippen LogP contribution in [0.15, 0.2) is 36.4 Å². The normalized spacial score (nSPS) is 14.1. The molecule has 0 atom stereocenters. The Bertz CT molecular complexity index is 651. The van der Waals surface area contributed by atoms with Crippen LogP contribution in [0.2, 0.25) is 0 Å². The third-order valence-corrected chi connectivity index (χ3v) is 3.77. The van der Waals surface area contributed by atoms with Crippen LogP contribution in [0.25, 0.3) is 0 Å². The number of anilines is 1. The molecule has 114 valence electrons. The summed E-state index contributed by atoms with van der Waals surface area (Å²) in [5.74, 6) is 1.31. The van der Waals surface area contributed by atoms with Crippen LogP contribution in [0.5, 0.6) is 0 Å². The van der Waals surface area contributed by atoms with Crippen molar-refractivity contribution in [3.8, 4) is 0 Å². The fraction of sp³-hybridized carbons (Fsp3) is 0.353. The van der Waals surface area contributed by atoms with Gasteiger partial charge in [0.15, 0.2) is 0 Å². The monoisotopic (exact) mass is 296 g/mol. The second kappa shape index (κ2) is 6.56. The molecule has 1 amide bonds. The SMILES string of the molecule is Cc1nc(NCc2ccccc2)cc(C(=O)N2CCCC2)n1. The molecule has 1 aromatic carbocycles. The summed E-state index contributed by atoms with van der Waals surface area (Å²) in [5.41, 5.74) is 1.65. The number of hydrogen-bond donors (Lipinski definition) is 1. The van der Waals surface area contributed by atoms with Crippen molar-refractivity contribution in [2.75, 3.05) is 18.4 Å². The van der Waals surface area contributed by atoms with Gasteiger partial charge in [-0.05, 0) is 25.3 Å². The van der Waals surface area contributed by atoms with Gasteiger partial charge >= 0.3 is 0 Å². The number of aryl methyl sites for hydroxylation is 1. The number of amides is 1. The van der Waals surface area contributed by atoms with Crippen LogP contribution in [-0.4, -0.2) is 33.9 Å². The molecule has 0 bridgehead atoms. The molecule has 0 aliphatic carbocycles. The molecule has 5 heteroatoms. The Hall–Kier alpha value is -2.43. The summed E-state index contributed by atoms with van der Waals surface area (Å²) < 4.78 is 0. The molecular formula is C17H20N4O. The van der Waals surface area contributed by atoms with Crippen molar-refractivity contribution >= 4 is 11.7 Å². The molecule has 0 radical (unpaired) electrons. The fourth-order valence-electron chi connectivity index (χ4n) is 2.64. The molecule has 2 heterocycles. The molecule has 5 nitrogen and oxygen atoms in total. The van der Waals surface area contributed by atoms with Crippen LogP contribution in [0, 0.1) is 6.92 Å². The first-order valence-corrected chi connectivity index (χ1v) is 7.65. The van der Waals surface area contributed by atoms with Crippen LogP contribution in [-0.2, 0) is 6.54 Å². The number of hydrogen-bond acceptors (Lipinski definition) is 4. The maximum atomic E-state index is 12.4. The third-order valence-electron chi connectivity index (χ3n) is 3.77. The van der Waals surface area contributed by atoms with E-state index in [2.05, 4.69) is 27.4 Å². The molecule has 1 aromatic heterocycles. The minimum atomic E-state index is 0.00533. The number of rotatable bonds is 4.